The van der Waals surface area contributed by atoms with Crippen molar-refractivity contribution < 1.29 is 46.0 Å². The van der Waals surface area contributed by atoms with Gasteiger partial charge in [-0.15, -0.1) is 68.0 Å². The van der Waals surface area contributed by atoms with Gasteiger partial charge in [0.1, 0.15) is 87.7 Å². The molecule has 0 spiro atoms. The smallest absolute Gasteiger partial charge is 0.239 e. The van der Waals surface area contributed by atoms with Crippen molar-refractivity contribution in [2.75, 3.05) is 6.54 Å². The molecule has 76 heavy (non-hydrogen) atoms. The maximum atomic E-state index is 11.4. The first-order valence-electron chi connectivity index (χ1n) is 23.1. The van der Waals surface area contributed by atoms with Crippen LogP contribution in [0.5, 0.6) is 0 Å². The molecule has 8 bridgehead atoms. The molecule has 28 heteroatoms. The van der Waals surface area contributed by atoms with E-state index in [2.05, 4.69) is 44.9 Å². The number of aliphatic imine (C=N–C) groups is 6. The van der Waals surface area contributed by atoms with Gasteiger partial charge in [-0.1, -0.05) is 26.0 Å². The van der Waals surface area contributed by atoms with Gasteiger partial charge in [0.25, 0.3) is 0 Å². The molecule has 0 saturated carbocycles. The lowest BCUT2D eigenvalue weighted by atomic mass is 10.1. The van der Waals surface area contributed by atoms with Crippen LogP contribution in [-0.4, -0.2) is 147 Å². The minimum atomic E-state index is -1.44. The van der Waals surface area contributed by atoms with Crippen LogP contribution in [0.1, 0.15) is 98.3 Å². The van der Waals surface area contributed by atoms with Crippen LogP contribution in [-0.2, 0) is 0 Å². The normalized spacial score (nSPS) is 19.2. The van der Waals surface area contributed by atoms with Gasteiger partial charge in [-0.2, -0.15) is 0 Å². The van der Waals surface area contributed by atoms with Gasteiger partial charge >= 0.3 is 0 Å². The molecular formula is C48H49N13O9S6. The van der Waals surface area contributed by atoms with E-state index in [0.29, 0.717) is 58.4 Å². The van der Waals surface area contributed by atoms with Crippen molar-refractivity contribution in [1.29, 1.82) is 0 Å². The van der Waals surface area contributed by atoms with E-state index in [9.17, 15) is 46.0 Å². The average molecular weight is 1140 g/mol. The molecule has 7 aromatic rings. The summed E-state index contributed by atoms with van der Waals surface area (Å²) in [7, 11) is 0. The Morgan fingerprint density at radius 3 is 1.75 bits per heavy atom. The fraction of sp³-hybridized carbons (Fsp3) is 0.312. The Bertz CT molecular complexity index is 3480. The first kappa shape index (κ1) is 55.3. The van der Waals surface area contributed by atoms with Crippen LogP contribution in [0.15, 0.2) is 92.2 Å². The van der Waals surface area contributed by atoms with Gasteiger partial charge in [0.15, 0.2) is 6.04 Å². The van der Waals surface area contributed by atoms with Crippen molar-refractivity contribution in [2.24, 2.45) is 35.9 Å². The summed E-state index contributed by atoms with van der Waals surface area (Å²) in [5.41, 5.74) is 2.62. The number of fused-ring (bicyclic) bond motifs is 11. The van der Waals surface area contributed by atoms with Gasteiger partial charge in [-0.05, 0) is 52.7 Å². The lowest BCUT2D eigenvalue weighted by Gasteiger charge is -2.14. The Kier molecular flexibility index (Phi) is 17.5. The van der Waals surface area contributed by atoms with Gasteiger partial charge in [0, 0.05) is 37.8 Å². The molecule has 7 aromatic heterocycles. The number of thiazole rings is 6. The number of aliphatic hydroxyl groups is 9. The number of rotatable bonds is 10. The minimum Gasteiger partial charge on any atom is -0.495 e. The maximum Gasteiger partial charge on any atom is 0.239 e. The molecule has 1 aliphatic rings. The lowest BCUT2D eigenvalue weighted by molar-refractivity contribution is 0.164. The Morgan fingerprint density at radius 2 is 1.11 bits per heavy atom. The first-order chi connectivity index (χ1) is 36.3. The van der Waals surface area contributed by atoms with Crippen molar-refractivity contribution in [3.63, 3.8) is 0 Å². The zero-order valence-corrected chi connectivity index (χ0v) is 46.2. The van der Waals surface area contributed by atoms with E-state index in [1.54, 1.807) is 64.3 Å². The number of pyridine rings is 1. The van der Waals surface area contributed by atoms with Gasteiger partial charge in [0.2, 0.25) is 35.4 Å². The van der Waals surface area contributed by atoms with Crippen molar-refractivity contribution in [2.45, 2.75) is 84.9 Å². The highest BCUT2D eigenvalue weighted by atomic mass is 32.1. The highest BCUT2D eigenvalue weighted by molar-refractivity contribution is 7.15. The summed E-state index contributed by atoms with van der Waals surface area (Å²) in [4.78, 5) is 58.8. The summed E-state index contributed by atoms with van der Waals surface area (Å²) in [6.07, 6.45) is -0.231. The van der Waals surface area contributed by atoms with Crippen LogP contribution >= 0.6 is 68.0 Å². The quantitative estimate of drug-likeness (QED) is 0.0454. The van der Waals surface area contributed by atoms with Crippen LogP contribution in [0.2, 0.25) is 0 Å². The third kappa shape index (κ3) is 12.5. The Morgan fingerprint density at radius 1 is 0.579 bits per heavy atom. The van der Waals surface area contributed by atoms with E-state index in [1.807, 2.05) is 13.8 Å². The molecule has 0 fully saturated rings. The van der Waals surface area contributed by atoms with E-state index < -0.39 is 65.9 Å². The van der Waals surface area contributed by atoms with Crippen LogP contribution in [0.25, 0.3) is 49.1 Å². The second-order valence-electron chi connectivity index (χ2n) is 17.1. The molecule has 0 amide bonds. The molecule has 6 atom stereocenters. The van der Waals surface area contributed by atoms with Gasteiger partial charge in [-0.3, -0.25) is 0 Å². The third-order valence-electron chi connectivity index (χ3n) is 10.8. The number of nitrogens with zero attached hydrogens (tertiary/aromatic N) is 13. The lowest BCUT2D eigenvalue weighted by Crippen LogP contribution is -2.31. The summed E-state index contributed by atoms with van der Waals surface area (Å²) < 4.78 is 0. The average Bonchev–Trinajstić information content (AvgIpc) is 4.26. The molecule has 8 heterocycles. The van der Waals surface area contributed by atoms with E-state index in [4.69, 9.17) is 19.9 Å². The van der Waals surface area contributed by atoms with E-state index >= 15 is 0 Å². The van der Waals surface area contributed by atoms with Gasteiger partial charge in [0.05, 0.1) is 36.2 Å². The number of hydrogen-bond acceptors (Lipinski definition) is 22. The fourth-order valence-electron chi connectivity index (χ4n) is 6.96. The number of aliphatic hydroxyl groups excluding tert-OH is 9. The Labute approximate surface area is 457 Å². The molecular weight excluding hydrogens is 1100 g/mol. The molecule has 9 N–H and O–H groups in total. The third-order valence-corrected chi connectivity index (χ3v) is 16.1. The van der Waals surface area contributed by atoms with Gasteiger partial charge < -0.3 is 46.0 Å². The summed E-state index contributed by atoms with van der Waals surface area (Å²) in [6, 6.07) is 0.326. The van der Waals surface area contributed by atoms with Gasteiger partial charge in [-0.25, -0.2) is 64.8 Å². The SMILES string of the molecule is C/C=C(\N=C(O)c1csc(-c2csc(-c3ccc4c(n3)-c3csc(n3)[C@@H]([C@H](C)O)N=C(O)c3csc(n3)[C@H](C(C)C)N=C(O)c3csc(n3)/C(=C/C)N=C(O)[C@H]([C@@H](C)O)N=C(O)c3csc-4n3)n2)n1)C(O)=NC[C@@H](C)O. The molecule has 0 aromatic carbocycles. The Hall–Kier alpha value is -6.89. The predicted octanol–water partition coefficient (Wildman–Crippen LogP) is 9.55. The van der Waals surface area contributed by atoms with Crippen molar-refractivity contribution >= 4 is 109 Å². The number of aromatic nitrogens is 7. The second kappa shape index (κ2) is 24.0. The van der Waals surface area contributed by atoms with E-state index in [-0.39, 0.29) is 52.5 Å². The summed E-state index contributed by atoms with van der Waals surface area (Å²) in [5.74, 6) is -3.18. The van der Waals surface area contributed by atoms with Crippen LogP contribution < -0.4 is 0 Å². The highest BCUT2D eigenvalue weighted by Gasteiger charge is 2.29. The van der Waals surface area contributed by atoms with Crippen LogP contribution in [0.4, 0.5) is 0 Å². The predicted molar refractivity (Wildman–Crippen MR) is 301 cm³/mol. The minimum absolute atomic E-state index is 0.00927. The monoisotopic (exact) mass is 1140 g/mol. The van der Waals surface area contributed by atoms with Crippen LogP contribution in [0.3, 0.4) is 0 Å². The molecule has 8 rings (SSSR count). The molecule has 0 aliphatic carbocycles. The molecule has 1 aliphatic heterocycles. The topological polar surface area (TPSA) is 346 Å². The number of hydrogen-bond donors (Lipinski definition) is 9. The summed E-state index contributed by atoms with van der Waals surface area (Å²) >= 11 is 7.12. The largest absolute Gasteiger partial charge is 0.495 e. The first-order valence-corrected chi connectivity index (χ1v) is 28.3. The van der Waals surface area contributed by atoms with Crippen molar-refractivity contribution in [1.82, 2.24) is 34.9 Å². The zero-order chi connectivity index (χ0) is 54.5. The molecule has 0 saturated heterocycles. The molecule has 0 radical (unpaired) electrons. The highest BCUT2D eigenvalue weighted by Crippen LogP contribution is 2.39. The van der Waals surface area contributed by atoms with Crippen molar-refractivity contribution in [3.8, 4) is 43.4 Å². The fourth-order valence-corrected chi connectivity index (χ4v) is 12.1. The summed E-state index contributed by atoms with van der Waals surface area (Å²) in [6.45, 7) is 11.4. The standard InChI is InChI=1S/C48H49N13O9S6/c1-8-24(37(65)49-12-20(5)62)51-38(66)28-15-73-46(56-28)32-18-74-45(58-32)26-11-10-23-36(50-26)27-13-75-48(53-27)35(22(7)64)61-41(69)31-17-76-47(57-31)33(19(3)4)59-39(67)30-16-72-44(55-30)25(9-2)52-42(70)34(21(6)63)60-40(68)29-14-71-43(23)54-29/h8-11,13-22,33-35,62-64H,12H2,1-7H3,(H,49,65)(H,51,66)(H,52,70)(H,59,67)(H,60,68)(H,61,69)/b24-8-,25-9-/t20-,21-,22+,33+,34+,35-/m1/s1. The van der Waals surface area contributed by atoms with Crippen molar-refractivity contribution in [3.05, 3.63) is 100 Å². The maximum absolute atomic E-state index is 11.4. The van der Waals surface area contributed by atoms with Crippen LogP contribution in [0, 0.1) is 5.92 Å². The molecule has 396 valence electrons. The molecule has 0 unspecified atom stereocenters. The Balaban J connectivity index is 1.21. The zero-order valence-electron chi connectivity index (χ0n) is 41.3. The van der Waals surface area contributed by atoms with E-state index in [0.717, 1.165) is 22.7 Å². The second-order valence-corrected chi connectivity index (χ2v) is 22.3. The number of allylic oxidation sites excluding steroid dienone is 2. The van der Waals surface area contributed by atoms with E-state index in [1.165, 1.54) is 72.2 Å². The summed E-state index contributed by atoms with van der Waals surface area (Å²) in [5, 5.41) is 110. The molecule has 22 nitrogen and oxygen atoms in total.